The van der Waals surface area contributed by atoms with Crippen molar-refractivity contribution in [1.82, 2.24) is 4.98 Å². The Morgan fingerprint density at radius 3 is 2.95 bits per heavy atom. The molecule has 1 heterocycles. The number of phenolic OH excluding ortho intramolecular Hbond substituents is 1. The Labute approximate surface area is 110 Å². The van der Waals surface area contributed by atoms with Gasteiger partial charge in [-0.25, -0.2) is 9.78 Å². The minimum atomic E-state index is -0.973. The van der Waals surface area contributed by atoms with Gasteiger partial charge in [0, 0.05) is 11.6 Å². The van der Waals surface area contributed by atoms with Crippen molar-refractivity contribution in [3.05, 3.63) is 43.1 Å². The van der Waals surface area contributed by atoms with Gasteiger partial charge in [-0.3, -0.25) is 0 Å². The number of aliphatic carboxylic acids is 1. The highest BCUT2D eigenvalue weighted by atomic mass is 16.4. The van der Waals surface area contributed by atoms with Crippen molar-refractivity contribution in [1.29, 1.82) is 0 Å². The normalized spacial score (nSPS) is 12.0. The molecule has 1 aromatic heterocycles. The molecule has 0 aliphatic rings. The van der Waals surface area contributed by atoms with Crippen molar-refractivity contribution in [3.63, 3.8) is 0 Å². The van der Waals surface area contributed by atoms with Crippen LogP contribution >= 0.6 is 0 Å². The maximum Gasteiger partial charge on any atom is 0.326 e. The third-order valence-corrected chi connectivity index (χ3v) is 2.76. The van der Waals surface area contributed by atoms with Crippen molar-refractivity contribution < 1.29 is 15.0 Å². The molecular weight excluding hydrogens is 244 g/mol. The number of phenols is 1. The van der Waals surface area contributed by atoms with Gasteiger partial charge in [0.25, 0.3) is 0 Å². The minimum absolute atomic E-state index is 0.110. The average molecular weight is 258 g/mol. The van der Waals surface area contributed by atoms with E-state index in [1.165, 1.54) is 6.08 Å². The van der Waals surface area contributed by atoms with E-state index in [1.807, 2.05) is 0 Å². The topological polar surface area (TPSA) is 82.5 Å². The summed E-state index contributed by atoms with van der Waals surface area (Å²) in [5.74, 6) is -0.430. The first-order valence-electron chi connectivity index (χ1n) is 5.80. The van der Waals surface area contributed by atoms with Crippen LogP contribution in [0.3, 0.4) is 0 Å². The Morgan fingerprint density at radius 2 is 2.26 bits per heavy atom. The molecule has 0 fully saturated rings. The number of carboxylic acid groups (broad SMARTS) is 1. The zero-order chi connectivity index (χ0) is 13.8. The number of nitrogens with zero attached hydrogens (tertiary/aromatic N) is 1. The summed E-state index contributed by atoms with van der Waals surface area (Å²) in [6, 6.07) is 5.88. The molecular formula is C14H14N2O3. The lowest BCUT2D eigenvalue weighted by Crippen LogP contribution is -2.29. The minimum Gasteiger partial charge on any atom is -0.508 e. The second-order valence-electron chi connectivity index (χ2n) is 4.12. The molecule has 2 rings (SSSR count). The van der Waals surface area contributed by atoms with Gasteiger partial charge < -0.3 is 15.5 Å². The van der Waals surface area contributed by atoms with Gasteiger partial charge in [-0.2, -0.15) is 0 Å². The third-order valence-electron chi connectivity index (χ3n) is 2.76. The number of hydrogen-bond donors (Lipinski definition) is 3. The van der Waals surface area contributed by atoms with Gasteiger partial charge in [-0.05, 0) is 30.0 Å². The Bertz CT molecular complexity index is 625. The van der Waals surface area contributed by atoms with Crippen molar-refractivity contribution >= 4 is 22.6 Å². The summed E-state index contributed by atoms with van der Waals surface area (Å²) >= 11 is 0. The lowest BCUT2D eigenvalue weighted by Gasteiger charge is -2.14. The highest BCUT2D eigenvalue weighted by Crippen LogP contribution is 2.25. The van der Waals surface area contributed by atoms with Crippen molar-refractivity contribution in [2.45, 2.75) is 12.5 Å². The smallest absolute Gasteiger partial charge is 0.326 e. The molecule has 5 nitrogen and oxygen atoms in total. The monoisotopic (exact) mass is 258 g/mol. The van der Waals surface area contributed by atoms with E-state index in [4.69, 9.17) is 5.11 Å². The molecule has 0 bridgehead atoms. The lowest BCUT2D eigenvalue weighted by atomic mass is 10.1. The van der Waals surface area contributed by atoms with Gasteiger partial charge >= 0.3 is 5.97 Å². The summed E-state index contributed by atoms with van der Waals surface area (Å²) in [5, 5.41) is 23.0. The van der Waals surface area contributed by atoms with E-state index in [-0.39, 0.29) is 12.2 Å². The molecule has 3 N–H and O–H groups in total. The molecule has 1 aromatic carbocycles. The van der Waals surface area contributed by atoms with E-state index in [9.17, 15) is 9.90 Å². The molecule has 0 saturated carbocycles. The molecule has 98 valence electrons. The standard InChI is InChI=1S/C14H14N2O3/c1-2-3-12(14(18)19)16-13-11-8-10(17)5-4-9(11)6-7-15-13/h2,4-8,12,17H,1,3H2,(H,15,16)(H,18,19). The zero-order valence-corrected chi connectivity index (χ0v) is 10.2. The number of carboxylic acids is 1. The number of carbonyl (C=O) groups is 1. The number of nitrogens with one attached hydrogen (secondary N) is 1. The summed E-state index contributed by atoms with van der Waals surface area (Å²) in [7, 11) is 0. The highest BCUT2D eigenvalue weighted by molar-refractivity contribution is 5.94. The number of rotatable bonds is 5. The Kier molecular flexibility index (Phi) is 3.66. The molecule has 19 heavy (non-hydrogen) atoms. The highest BCUT2D eigenvalue weighted by Gasteiger charge is 2.17. The van der Waals surface area contributed by atoms with E-state index >= 15 is 0 Å². The number of benzene rings is 1. The fourth-order valence-electron chi connectivity index (χ4n) is 1.82. The number of pyridine rings is 1. The molecule has 1 unspecified atom stereocenters. The van der Waals surface area contributed by atoms with Crippen molar-refractivity contribution in [2.24, 2.45) is 0 Å². The molecule has 0 spiro atoms. The summed E-state index contributed by atoms with van der Waals surface area (Å²) in [6.45, 7) is 3.54. The first-order chi connectivity index (χ1) is 9.11. The van der Waals surface area contributed by atoms with Crippen LogP contribution in [0.1, 0.15) is 6.42 Å². The first kappa shape index (κ1) is 12.9. The fraction of sp³-hybridized carbons (Fsp3) is 0.143. The van der Waals surface area contributed by atoms with Gasteiger partial charge in [-0.15, -0.1) is 6.58 Å². The van der Waals surface area contributed by atoms with Crippen LogP contribution in [0.2, 0.25) is 0 Å². The number of anilines is 1. The number of hydrogen-bond acceptors (Lipinski definition) is 4. The molecule has 1 atom stereocenters. The van der Waals surface area contributed by atoms with Crippen LogP contribution < -0.4 is 5.32 Å². The van der Waals surface area contributed by atoms with E-state index in [2.05, 4.69) is 16.9 Å². The lowest BCUT2D eigenvalue weighted by molar-refractivity contribution is -0.137. The number of aromatic hydroxyl groups is 1. The van der Waals surface area contributed by atoms with E-state index < -0.39 is 12.0 Å². The molecule has 0 radical (unpaired) electrons. The van der Waals surface area contributed by atoms with E-state index in [0.717, 1.165) is 5.39 Å². The Hall–Kier alpha value is -2.56. The van der Waals surface area contributed by atoms with E-state index in [1.54, 1.807) is 30.5 Å². The van der Waals surface area contributed by atoms with Crippen molar-refractivity contribution in [3.8, 4) is 5.75 Å². The number of aromatic nitrogens is 1. The molecule has 5 heteroatoms. The van der Waals surface area contributed by atoms with Crippen molar-refractivity contribution in [2.75, 3.05) is 5.32 Å². The van der Waals surface area contributed by atoms with Crippen LogP contribution in [-0.2, 0) is 4.79 Å². The molecule has 0 aliphatic heterocycles. The van der Waals surface area contributed by atoms with Gasteiger partial charge in [-0.1, -0.05) is 12.1 Å². The molecule has 0 amide bonds. The van der Waals surface area contributed by atoms with Gasteiger partial charge in [0.2, 0.25) is 0 Å². The van der Waals surface area contributed by atoms with Crippen LogP contribution in [0.5, 0.6) is 5.75 Å². The quantitative estimate of drug-likeness (QED) is 0.717. The Balaban J connectivity index is 2.41. The second-order valence-corrected chi connectivity index (χ2v) is 4.12. The van der Waals surface area contributed by atoms with Crippen LogP contribution in [0, 0.1) is 0 Å². The first-order valence-corrected chi connectivity index (χ1v) is 5.80. The largest absolute Gasteiger partial charge is 0.508 e. The summed E-state index contributed by atoms with van der Waals surface area (Å²) in [4.78, 5) is 15.2. The zero-order valence-electron chi connectivity index (χ0n) is 10.2. The van der Waals surface area contributed by atoms with Gasteiger partial charge in [0.05, 0.1) is 0 Å². The molecule has 2 aromatic rings. The third kappa shape index (κ3) is 2.82. The Morgan fingerprint density at radius 1 is 1.47 bits per heavy atom. The molecule has 0 aliphatic carbocycles. The summed E-state index contributed by atoms with van der Waals surface area (Å²) in [6.07, 6.45) is 3.41. The average Bonchev–Trinajstić information content (AvgIpc) is 2.38. The maximum absolute atomic E-state index is 11.1. The second kappa shape index (κ2) is 5.39. The molecule has 0 saturated heterocycles. The SMILES string of the molecule is C=CCC(Nc1nccc2ccc(O)cc12)C(=O)O. The predicted octanol–water partition coefficient (Wildman–Crippen LogP) is 2.38. The fourth-order valence-corrected chi connectivity index (χ4v) is 1.82. The summed E-state index contributed by atoms with van der Waals surface area (Å²) in [5.41, 5.74) is 0. The van der Waals surface area contributed by atoms with Crippen LogP contribution in [0.4, 0.5) is 5.82 Å². The summed E-state index contributed by atoms with van der Waals surface area (Å²) < 4.78 is 0. The van der Waals surface area contributed by atoms with Gasteiger partial charge in [0.1, 0.15) is 17.6 Å². The van der Waals surface area contributed by atoms with Crippen LogP contribution in [0.25, 0.3) is 10.8 Å². The van der Waals surface area contributed by atoms with Crippen LogP contribution in [0.15, 0.2) is 43.1 Å². The van der Waals surface area contributed by atoms with Crippen LogP contribution in [-0.4, -0.2) is 27.2 Å². The van der Waals surface area contributed by atoms with Gasteiger partial charge in [0.15, 0.2) is 0 Å². The predicted molar refractivity (Wildman–Crippen MR) is 73.3 cm³/mol. The number of fused-ring (bicyclic) bond motifs is 1. The van der Waals surface area contributed by atoms with E-state index in [0.29, 0.717) is 11.2 Å². The maximum atomic E-state index is 11.1.